The first kappa shape index (κ1) is 17.2. The topological polar surface area (TPSA) is 70.2 Å². The minimum absolute atomic E-state index is 0.184. The summed E-state index contributed by atoms with van der Waals surface area (Å²) in [6.07, 6.45) is 6.96. The molecule has 0 spiro atoms. The molecule has 2 aromatic heterocycles. The fourth-order valence-corrected chi connectivity index (χ4v) is 3.02. The number of anilines is 2. The van der Waals surface area contributed by atoms with Crippen LogP contribution in [0.25, 0.3) is 0 Å². The summed E-state index contributed by atoms with van der Waals surface area (Å²) in [4.78, 5) is 22.9. The van der Waals surface area contributed by atoms with Crippen LogP contribution in [0.3, 0.4) is 0 Å². The molecule has 132 valence electrons. The monoisotopic (exact) mass is 339 g/mol. The normalized spacial score (nSPS) is 14.7. The summed E-state index contributed by atoms with van der Waals surface area (Å²) in [7, 11) is 1.60. The van der Waals surface area contributed by atoms with E-state index in [0.717, 1.165) is 24.5 Å². The maximum Gasteiger partial charge on any atom is 0.269 e. The van der Waals surface area contributed by atoms with Crippen molar-refractivity contribution in [2.45, 2.75) is 32.2 Å². The summed E-state index contributed by atoms with van der Waals surface area (Å²) in [5, 5.41) is 5.87. The lowest BCUT2D eigenvalue weighted by Gasteiger charge is -2.21. The second kappa shape index (κ2) is 8.46. The third-order valence-electron chi connectivity index (χ3n) is 4.42. The number of carbonyl (C=O) groups is 1. The van der Waals surface area contributed by atoms with Gasteiger partial charge in [0.2, 0.25) is 0 Å². The Morgan fingerprint density at radius 3 is 2.72 bits per heavy atom. The van der Waals surface area contributed by atoms with Gasteiger partial charge in [-0.2, -0.15) is 0 Å². The number of pyridine rings is 2. The van der Waals surface area contributed by atoms with Gasteiger partial charge in [0.15, 0.2) is 0 Å². The van der Waals surface area contributed by atoms with E-state index in [1.165, 1.54) is 25.7 Å². The van der Waals surface area contributed by atoms with E-state index in [9.17, 15) is 4.79 Å². The Kier molecular flexibility index (Phi) is 5.82. The van der Waals surface area contributed by atoms with Gasteiger partial charge in [-0.25, -0.2) is 9.97 Å². The van der Waals surface area contributed by atoms with Crippen molar-refractivity contribution in [1.29, 1.82) is 0 Å². The van der Waals surface area contributed by atoms with Gasteiger partial charge in [0.05, 0.1) is 0 Å². The van der Waals surface area contributed by atoms with E-state index >= 15 is 0 Å². The van der Waals surface area contributed by atoms with Crippen molar-refractivity contribution in [2.75, 3.05) is 30.4 Å². The number of hydrogen-bond donors (Lipinski definition) is 2. The van der Waals surface area contributed by atoms with Crippen LogP contribution >= 0.6 is 0 Å². The van der Waals surface area contributed by atoms with Crippen LogP contribution in [0.1, 0.15) is 41.7 Å². The number of hydrogen-bond acceptors (Lipinski definition) is 5. The molecule has 0 unspecified atom stereocenters. The molecule has 1 fully saturated rings. The molecular formula is C19H25N5O. The first-order valence-corrected chi connectivity index (χ1v) is 8.89. The van der Waals surface area contributed by atoms with Crippen LogP contribution in [-0.2, 0) is 6.54 Å². The molecule has 1 amide bonds. The molecule has 1 saturated heterocycles. The average Bonchev–Trinajstić information content (AvgIpc) is 2.96. The Balaban J connectivity index is 1.65. The van der Waals surface area contributed by atoms with Crippen molar-refractivity contribution in [2.24, 2.45) is 0 Å². The molecule has 0 radical (unpaired) electrons. The van der Waals surface area contributed by atoms with Gasteiger partial charge in [-0.3, -0.25) is 4.79 Å². The number of carbonyl (C=O) groups excluding carboxylic acids is 1. The van der Waals surface area contributed by atoms with Gasteiger partial charge in [0.1, 0.15) is 17.3 Å². The van der Waals surface area contributed by atoms with E-state index in [1.807, 2.05) is 24.4 Å². The van der Waals surface area contributed by atoms with Crippen molar-refractivity contribution in [3.63, 3.8) is 0 Å². The Labute approximate surface area is 148 Å². The predicted octanol–water partition coefficient (Wildman–Crippen LogP) is 2.83. The Bertz CT molecular complexity index is 710. The fraction of sp³-hybridized carbons (Fsp3) is 0.421. The summed E-state index contributed by atoms with van der Waals surface area (Å²) in [5.74, 6) is 1.55. The summed E-state index contributed by atoms with van der Waals surface area (Å²) in [6, 6.07) is 9.55. The summed E-state index contributed by atoms with van der Waals surface area (Å²) < 4.78 is 0. The number of nitrogens with one attached hydrogen (secondary N) is 2. The molecule has 25 heavy (non-hydrogen) atoms. The molecule has 1 aliphatic heterocycles. The van der Waals surface area contributed by atoms with Gasteiger partial charge >= 0.3 is 0 Å². The van der Waals surface area contributed by atoms with Gasteiger partial charge < -0.3 is 15.5 Å². The number of rotatable bonds is 5. The largest absolute Gasteiger partial charge is 0.366 e. The first-order valence-electron chi connectivity index (χ1n) is 8.89. The van der Waals surface area contributed by atoms with Gasteiger partial charge in [0, 0.05) is 32.9 Å². The lowest BCUT2D eigenvalue weighted by Crippen LogP contribution is -2.25. The molecule has 0 atom stereocenters. The Morgan fingerprint density at radius 1 is 1.16 bits per heavy atom. The van der Waals surface area contributed by atoms with Crippen LogP contribution in [-0.4, -0.2) is 36.0 Å². The molecule has 3 heterocycles. The van der Waals surface area contributed by atoms with Crippen LogP contribution < -0.4 is 15.5 Å². The first-order chi connectivity index (χ1) is 12.3. The molecule has 0 bridgehead atoms. The van der Waals surface area contributed by atoms with Crippen molar-refractivity contribution in [1.82, 2.24) is 15.3 Å². The van der Waals surface area contributed by atoms with E-state index in [-0.39, 0.29) is 5.91 Å². The van der Waals surface area contributed by atoms with Crippen molar-refractivity contribution < 1.29 is 4.79 Å². The maximum absolute atomic E-state index is 11.7. The lowest BCUT2D eigenvalue weighted by molar-refractivity contribution is 0.0958. The SMILES string of the molecule is CNC(=O)c1cccc(NCc2ccnc(N3CCCCCC3)c2)n1. The maximum atomic E-state index is 11.7. The van der Waals surface area contributed by atoms with Crippen molar-refractivity contribution in [3.05, 3.63) is 47.8 Å². The summed E-state index contributed by atoms with van der Waals surface area (Å²) in [5.41, 5.74) is 1.56. The molecule has 1 aliphatic rings. The molecular weight excluding hydrogens is 314 g/mol. The number of aromatic nitrogens is 2. The zero-order valence-corrected chi connectivity index (χ0v) is 14.7. The summed E-state index contributed by atoms with van der Waals surface area (Å²) in [6.45, 7) is 2.81. The van der Waals surface area contributed by atoms with Crippen LogP contribution in [0.2, 0.25) is 0 Å². The van der Waals surface area contributed by atoms with Crippen LogP contribution in [0.15, 0.2) is 36.5 Å². The summed E-state index contributed by atoms with van der Waals surface area (Å²) >= 11 is 0. The van der Waals surface area contributed by atoms with Crippen molar-refractivity contribution in [3.8, 4) is 0 Å². The highest BCUT2D eigenvalue weighted by Gasteiger charge is 2.11. The quantitative estimate of drug-likeness (QED) is 0.876. The van der Waals surface area contributed by atoms with E-state index in [1.54, 1.807) is 13.1 Å². The van der Waals surface area contributed by atoms with Gasteiger partial charge in [-0.15, -0.1) is 0 Å². The molecule has 3 rings (SSSR count). The van der Waals surface area contributed by atoms with E-state index in [2.05, 4.69) is 31.6 Å². The molecule has 2 aromatic rings. The minimum atomic E-state index is -0.184. The van der Waals surface area contributed by atoms with Crippen molar-refractivity contribution >= 4 is 17.5 Å². The molecule has 0 aliphatic carbocycles. The second-order valence-electron chi connectivity index (χ2n) is 6.26. The smallest absolute Gasteiger partial charge is 0.269 e. The molecule has 2 N–H and O–H groups in total. The van der Waals surface area contributed by atoms with Gasteiger partial charge in [0.25, 0.3) is 5.91 Å². The highest BCUT2D eigenvalue weighted by atomic mass is 16.1. The molecule has 6 nitrogen and oxygen atoms in total. The predicted molar refractivity (Wildman–Crippen MR) is 99.9 cm³/mol. The molecule has 0 aromatic carbocycles. The Hall–Kier alpha value is -2.63. The third-order valence-corrected chi connectivity index (χ3v) is 4.42. The zero-order chi connectivity index (χ0) is 17.5. The lowest BCUT2D eigenvalue weighted by atomic mass is 10.2. The zero-order valence-electron chi connectivity index (χ0n) is 14.7. The van der Waals surface area contributed by atoms with Gasteiger partial charge in [-0.05, 0) is 42.7 Å². The fourth-order valence-electron chi connectivity index (χ4n) is 3.02. The highest BCUT2D eigenvalue weighted by Crippen LogP contribution is 2.18. The number of amides is 1. The number of nitrogens with zero attached hydrogens (tertiary/aromatic N) is 3. The van der Waals surface area contributed by atoms with E-state index in [4.69, 9.17) is 0 Å². The van der Waals surface area contributed by atoms with E-state index < -0.39 is 0 Å². The van der Waals surface area contributed by atoms with Crippen LogP contribution in [0.4, 0.5) is 11.6 Å². The van der Waals surface area contributed by atoms with Crippen LogP contribution in [0.5, 0.6) is 0 Å². The van der Waals surface area contributed by atoms with Crippen LogP contribution in [0, 0.1) is 0 Å². The van der Waals surface area contributed by atoms with E-state index in [0.29, 0.717) is 18.1 Å². The molecule has 0 saturated carbocycles. The average molecular weight is 339 g/mol. The standard InChI is InChI=1S/C19H25N5O/c1-20-19(25)16-7-6-8-17(23-16)22-14-15-9-10-21-18(13-15)24-11-4-2-3-5-12-24/h6-10,13H,2-5,11-12,14H2,1H3,(H,20,25)(H,22,23). The minimum Gasteiger partial charge on any atom is -0.366 e. The second-order valence-corrected chi connectivity index (χ2v) is 6.26. The molecule has 6 heteroatoms. The highest BCUT2D eigenvalue weighted by molar-refractivity contribution is 5.92. The van der Waals surface area contributed by atoms with Gasteiger partial charge in [-0.1, -0.05) is 18.9 Å². The third kappa shape index (κ3) is 4.68. The Morgan fingerprint density at radius 2 is 1.96 bits per heavy atom.